The second kappa shape index (κ2) is 5.63. The summed E-state index contributed by atoms with van der Waals surface area (Å²) in [5.74, 6) is 0. The molecule has 1 unspecified atom stereocenters. The van der Waals surface area contributed by atoms with Crippen molar-refractivity contribution in [2.45, 2.75) is 38.2 Å². The van der Waals surface area contributed by atoms with Crippen LogP contribution in [0.2, 0.25) is 0 Å². The van der Waals surface area contributed by atoms with E-state index in [0.29, 0.717) is 0 Å². The van der Waals surface area contributed by atoms with Crippen molar-refractivity contribution in [3.8, 4) is 0 Å². The average molecular weight is 266 g/mol. The maximum Gasteiger partial charge on any atom is 0.175 e. The molecule has 0 aromatic heterocycles. The van der Waals surface area contributed by atoms with E-state index < -0.39 is 30.2 Å². The first-order chi connectivity index (χ1) is 7.19. The summed E-state index contributed by atoms with van der Waals surface area (Å²) in [4.78, 5) is 0. The smallest absolute Gasteiger partial charge is 0.175 e. The van der Waals surface area contributed by atoms with Crippen molar-refractivity contribution in [2.24, 2.45) is 0 Å². The third-order valence-corrected chi connectivity index (χ3v) is 6.71. The van der Waals surface area contributed by atoms with Crippen LogP contribution in [-0.4, -0.2) is 27.3 Å². The highest BCUT2D eigenvalue weighted by Crippen LogP contribution is 2.16. The lowest BCUT2D eigenvalue weighted by atomic mass is 10.4. The lowest BCUT2D eigenvalue weighted by molar-refractivity contribution is 0.572. The van der Waals surface area contributed by atoms with Gasteiger partial charge < -0.3 is 0 Å². The highest BCUT2D eigenvalue weighted by Gasteiger charge is 2.31. The van der Waals surface area contributed by atoms with Gasteiger partial charge in [0.15, 0.2) is 19.7 Å². The first-order valence-electron chi connectivity index (χ1n) is 4.92. The van der Waals surface area contributed by atoms with Crippen molar-refractivity contribution in [3.05, 3.63) is 23.0 Å². The van der Waals surface area contributed by atoms with Gasteiger partial charge in [0.05, 0.1) is 10.5 Å². The van der Waals surface area contributed by atoms with E-state index in [0.717, 1.165) is 10.8 Å². The zero-order valence-electron chi connectivity index (χ0n) is 9.91. The minimum absolute atomic E-state index is 0.954. The Bertz CT molecular complexity index is 423. The summed E-state index contributed by atoms with van der Waals surface area (Å²) >= 11 is 0. The molecular formula is C10H18O4S2. The van der Waals surface area contributed by atoms with E-state index >= 15 is 0 Å². The molecule has 0 heterocycles. The van der Waals surface area contributed by atoms with Crippen LogP contribution in [0.15, 0.2) is 23.0 Å². The van der Waals surface area contributed by atoms with Crippen molar-refractivity contribution >= 4 is 19.7 Å². The summed E-state index contributed by atoms with van der Waals surface area (Å²) in [7, 11) is -7.01. The topological polar surface area (TPSA) is 68.3 Å². The van der Waals surface area contributed by atoms with Gasteiger partial charge in [0, 0.05) is 10.8 Å². The molecule has 0 radical (unpaired) electrons. The first kappa shape index (κ1) is 15.4. The number of sulfone groups is 2. The van der Waals surface area contributed by atoms with Crippen LogP contribution in [0, 0.1) is 0 Å². The van der Waals surface area contributed by atoms with Crippen molar-refractivity contribution in [1.29, 1.82) is 0 Å². The van der Waals surface area contributed by atoms with Gasteiger partial charge >= 0.3 is 0 Å². The van der Waals surface area contributed by atoms with Gasteiger partial charge in [0.1, 0.15) is 0 Å². The molecule has 4 nitrogen and oxygen atoms in total. The summed E-state index contributed by atoms with van der Waals surface area (Å²) in [6, 6.07) is 0. The van der Waals surface area contributed by atoms with Crippen LogP contribution in [0.3, 0.4) is 0 Å². The molecule has 6 heteroatoms. The fourth-order valence-electron chi connectivity index (χ4n) is 1.16. The monoisotopic (exact) mass is 266 g/mol. The fourth-order valence-corrected chi connectivity index (χ4v) is 4.41. The second-order valence-corrected chi connectivity index (χ2v) is 7.91. The molecule has 16 heavy (non-hydrogen) atoms. The van der Waals surface area contributed by atoms with Crippen LogP contribution in [0.4, 0.5) is 0 Å². The molecule has 0 rings (SSSR count). The van der Waals surface area contributed by atoms with Crippen LogP contribution in [0.25, 0.3) is 0 Å². The molecule has 0 aromatic carbocycles. The SMILES string of the molecule is C/C=C/S(=O)(=O)C(C)[C@H](C)S(=O)(=O)/C=C/C. The third kappa shape index (κ3) is 3.75. The van der Waals surface area contributed by atoms with E-state index in [9.17, 15) is 16.8 Å². The molecule has 0 bridgehead atoms. The molecule has 0 saturated carbocycles. The van der Waals surface area contributed by atoms with Gasteiger partial charge in [0.2, 0.25) is 0 Å². The summed E-state index contributed by atoms with van der Waals surface area (Å²) in [6.07, 6.45) is 2.78. The zero-order valence-corrected chi connectivity index (χ0v) is 11.5. The fraction of sp³-hybridized carbons (Fsp3) is 0.600. The molecule has 2 atom stereocenters. The predicted octanol–water partition coefficient (Wildman–Crippen LogP) is 1.66. The molecular weight excluding hydrogens is 248 g/mol. The Morgan fingerprint density at radius 3 is 1.19 bits per heavy atom. The quantitative estimate of drug-likeness (QED) is 0.759. The van der Waals surface area contributed by atoms with Gasteiger partial charge in [-0.15, -0.1) is 0 Å². The minimum atomic E-state index is -3.50. The highest BCUT2D eigenvalue weighted by atomic mass is 32.2. The summed E-state index contributed by atoms with van der Waals surface area (Å²) in [5.41, 5.74) is 0. The third-order valence-electron chi connectivity index (χ3n) is 2.35. The summed E-state index contributed by atoms with van der Waals surface area (Å²) in [6.45, 7) is 5.97. The Morgan fingerprint density at radius 1 is 0.750 bits per heavy atom. The van der Waals surface area contributed by atoms with E-state index in [1.807, 2.05) is 0 Å². The summed E-state index contributed by atoms with van der Waals surface area (Å²) in [5, 5.41) is 0.174. The number of allylic oxidation sites excluding steroid dienone is 2. The largest absolute Gasteiger partial charge is 0.224 e. The van der Waals surface area contributed by atoms with Crippen LogP contribution in [0.5, 0.6) is 0 Å². The molecule has 0 N–H and O–H groups in total. The molecule has 0 aliphatic rings. The number of hydrogen-bond acceptors (Lipinski definition) is 4. The highest BCUT2D eigenvalue weighted by molar-refractivity contribution is 7.98. The molecule has 0 fully saturated rings. The first-order valence-corrected chi connectivity index (χ1v) is 8.14. The maximum atomic E-state index is 11.6. The lowest BCUT2D eigenvalue weighted by Gasteiger charge is -2.16. The number of hydrogen-bond donors (Lipinski definition) is 0. The van der Waals surface area contributed by atoms with E-state index in [2.05, 4.69) is 0 Å². The van der Waals surface area contributed by atoms with E-state index in [1.54, 1.807) is 13.8 Å². The van der Waals surface area contributed by atoms with Gasteiger partial charge in [-0.25, -0.2) is 16.8 Å². The van der Waals surface area contributed by atoms with Crippen LogP contribution >= 0.6 is 0 Å². The summed E-state index contributed by atoms with van der Waals surface area (Å²) < 4.78 is 46.6. The normalized spacial score (nSPS) is 18.0. The van der Waals surface area contributed by atoms with Crippen LogP contribution < -0.4 is 0 Å². The molecule has 0 aromatic rings. The lowest BCUT2D eigenvalue weighted by Crippen LogP contribution is -2.33. The number of rotatable bonds is 5. The molecule has 0 aliphatic carbocycles. The van der Waals surface area contributed by atoms with E-state index in [1.165, 1.54) is 26.0 Å². The van der Waals surface area contributed by atoms with Crippen molar-refractivity contribution in [2.75, 3.05) is 0 Å². The van der Waals surface area contributed by atoms with Crippen LogP contribution in [0.1, 0.15) is 27.7 Å². The van der Waals surface area contributed by atoms with Crippen molar-refractivity contribution in [1.82, 2.24) is 0 Å². The Balaban J connectivity index is 5.26. The molecule has 0 spiro atoms. The van der Waals surface area contributed by atoms with Crippen molar-refractivity contribution < 1.29 is 16.8 Å². The maximum absolute atomic E-state index is 11.6. The van der Waals surface area contributed by atoms with Gasteiger partial charge in [-0.2, -0.15) is 0 Å². The Labute approximate surface area is 97.9 Å². The second-order valence-electron chi connectivity index (χ2n) is 3.53. The van der Waals surface area contributed by atoms with E-state index in [-0.39, 0.29) is 0 Å². The van der Waals surface area contributed by atoms with Gasteiger partial charge in [-0.05, 0) is 27.7 Å². The van der Waals surface area contributed by atoms with Gasteiger partial charge in [-0.3, -0.25) is 0 Å². The van der Waals surface area contributed by atoms with E-state index in [4.69, 9.17) is 0 Å². The average Bonchev–Trinajstić information content (AvgIpc) is 2.15. The van der Waals surface area contributed by atoms with Gasteiger partial charge in [0.25, 0.3) is 0 Å². The Hall–Kier alpha value is -0.620. The van der Waals surface area contributed by atoms with Crippen molar-refractivity contribution in [3.63, 3.8) is 0 Å². The van der Waals surface area contributed by atoms with Crippen LogP contribution in [-0.2, 0) is 19.7 Å². The minimum Gasteiger partial charge on any atom is -0.224 e. The Kier molecular flexibility index (Phi) is 5.41. The Morgan fingerprint density at radius 2 is 1.00 bits per heavy atom. The predicted molar refractivity (Wildman–Crippen MR) is 66.4 cm³/mol. The molecule has 94 valence electrons. The molecule has 0 aliphatic heterocycles. The van der Waals surface area contributed by atoms with Gasteiger partial charge in [-0.1, -0.05) is 12.2 Å². The molecule has 0 amide bonds. The standard InChI is InChI=1S/C10H18O4S2/c1-5-7-15(11,12)9(3)10(4)16(13,14)8-6-2/h5-10H,1-4H3/b7-5+,8-6+/t9-,10?/m0/s1. The molecule has 0 saturated heterocycles. The zero-order chi connectivity index (χ0) is 13.0.